The van der Waals surface area contributed by atoms with Gasteiger partial charge < -0.3 is 14.5 Å². The minimum absolute atomic E-state index is 0.202. The predicted octanol–water partition coefficient (Wildman–Crippen LogP) is 2.09. The number of ether oxygens (including phenoxy) is 1. The van der Waals surface area contributed by atoms with Crippen molar-refractivity contribution in [3.63, 3.8) is 0 Å². The van der Waals surface area contributed by atoms with Gasteiger partial charge in [-0.15, -0.1) is 0 Å². The fourth-order valence-corrected chi connectivity index (χ4v) is 2.44. The summed E-state index contributed by atoms with van der Waals surface area (Å²) in [5.74, 6) is -0.107. The molecule has 22 heavy (non-hydrogen) atoms. The van der Waals surface area contributed by atoms with Crippen molar-refractivity contribution in [1.29, 1.82) is 0 Å². The number of nitrogens with zero attached hydrogens (tertiary/aromatic N) is 2. The van der Waals surface area contributed by atoms with Gasteiger partial charge in [0.05, 0.1) is 12.2 Å². The van der Waals surface area contributed by atoms with E-state index >= 15 is 0 Å². The van der Waals surface area contributed by atoms with Gasteiger partial charge in [-0.2, -0.15) is 0 Å². The smallest absolute Gasteiger partial charge is 0.338 e. The molecule has 1 aliphatic rings. The number of esters is 1. The number of benzene rings is 1. The number of hydrogen-bond acceptors (Lipinski definition) is 5. The van der Waals surface area contributed by atoms with Crippen molar-refractivity contribution < 1.29 is 14.3 Å². The molecule has 1 fully saturated rings. The number of anilines is 1. The molecule has 0 bridgehead atoms. The van der Waals surface area contributed by atoms with Gasteiger partial charge in [-0.1, -0.05) is 0 Å². The zero-order valence-electron chi connectivity index (χ0n) is 13.3. The number of hydrogen-bond donors (Lipinski definition) is 0. The molecule has 1 heterocycles. The second-order valence-corrected chi connectivity index (χ2v) is 5.48. The van der Waals surface area contributed by atoms with Crippen LogP contribution in [-0.4, -0.2) is 50.4 Å². The summed E-state index contributed by atoms with van der Waals surface area (Å²) in [6.07, 6.45) is 2.39. The SMILES string of the molecule is CCOC(=O)c1ccc(N2CCC(=O)C(=CN(C)C)C2)cc1. The van der Waals surface area contributed by atoms with Gasteiger partial charge in [0.2, 0.25) is 0 Å². The van der Waals surface area contributed by atoms with Gasteiger partial charge in [-0.25, -0.2) is 4.79 Å². The monoisotopic (exact) mass is 302 g/mol. The van der Waals surface area contributed by atoms with Gasteiger partial charge in [-0.05, 0) is 31.2 Å². The van der Waals surface area contributed by atoms with E-state index in [1.807, 2.05) is 37.3 Å². The van der Waals surface area contributed by atoms with Crippen LogP contribution in [0.5, 0.6) is 0 Å². The van der Waals surface area contributed by atoms with E-state index in [0.29, 0.717) is 31.7 Å². The first-order valence-corrected chi connectivity index (χ1v) is 7.43. The van der Waals surface area contributed by atoms with Gasteiger partial charge >= 0.3 is 5.97 Å². The van der Waals surface area contributed by atoms with Gasteiger partial charge in [0.15, 0.2) is 5.78 Å². The topological polar surface area (TPSA) is 49.9 Å². The Morgan fingerprint density at radius 1 is 1.32 bits per heavy atom. The van der Waals surface area contributed by atoms with Crippen LogP contribution in [0.15, 0.2) is 36.0 Å². The Morgan fingerprint density at radius 3 is 2.59 bits per heavy atom. The maximum absolute atomic E-state index is 11.9. The van der Waals surface area contributed by atoms with E-state index in [9.17, 15) is 9.59 Å². The molecular weight excluding hydrogens is 280 g/mol. The molecule has 1 saturated heterocycles. The number of carbonyl (C=O) groups is 2. The van der Waals surface area contributed by atoms with Gasteiger partial charge in [0.25, 0.3) is 0 Å². The Balaban J connectivity index is 2.11. The summed E-state index contributed by atoms with van der Waals surface area (Å²) in [6, 6.07) is 7.32. The molecule has 1 aliphatic heterocycles. The predicted molar refractivity (Wildman–Crippen MR) is 86.0 cm³/mol. The molecule has 0 saturated carbocycles. The largest absolute Gasteiger partial charge is 0.462 e. The fourth-order valence-electron chi connectivity index (χ4n) is 2.44. The molecule has 0 unspecified atom stereocenters. The first kappa shape index (κ1) is 16.1. The van der Waals surface area contributed by atoms with E-state index in [-0.39, 0.29) is 11.8 Å². The van der Waals surface area contributed by atoms with Gasteiger partial charge in [0, 0.05) is 51.1 Å². The van der Waals surface area contributed by atoms with E-state index in [4.69, 9.17) is 4.74 Å². The molecular formula is C17H22N2O3. The molecule has 0 radical (unpaired) electrons. The minimum Gasteiger partial charge on any atom is -0.462 e. The minimum atomic E-state index is -0.309. The van der Waals surface area contributed by atoms with Crippen LogP contribution in [0.25, 0.3) is 0 Å². The number of ketones is 1. The molecule has 5 heteroatoms. The first-order chi connectivity index (χ1) is 10.5. The highest BCUT2D eigenvalue weighted by Crippen LogP contribution is 2.22. The van der Waals surface area contributed by atoms with E-state index in [2.05, 4.69) is 4.90 Å². The standard InChI is InChI=1S/C17H22N2O3/c1-4-22-17(21)13-5-7-15(8-6-13)19-10-9-16(20)14(12-19)11-18(2)3/h5-8,11H,4,9-10,12H2,1-3H3. The maximum Gasteiger partial charge on any atom is 0.338 e. The van der Waals surface area contributed by atoms with Crippen molar-refractivity contribution in [2.75, 3.05) is 38.7 Å². The van der Waals surface area contributed by atoms with E-state index in [0.717, 1.165) is 11.3 Å². The van der Waals surface area contributed by atoms with Crippen molar-refractivity contribution in [3.05, 3.63) is 41.6 Å². The highest BCUT2D eigenvalue weighted by molar-refractivity contribution is 5.97. The van der Waals surface area contributed by atoms with Crippen molar-refractivity contribution in [2.45, 2.75) is 13.3 Å². The number of piperidine rings is 1. The molecule has 118 valence electrons. The third-order valence-corrected chi connectivity index (χ3v) is 3.49. The molecule has 0 atom stereocenters. The highest BCUT2D eigenvalue weighted by Gasteiger charge is 2.22. The van der Waals surface area contributed by atoms with Crippen LogP contribution in [0, 0.1) is 0 Å². The van der Waals surface area contributed by atoms with Crippen LogP contribution in [0.4, 0.5) is 5.69 Å². The number of carbonyl (C=O) groups excluding carboxylic acids is 2. The molecule has 5 nitrogen and oxygen atoms in total. The zero-order chi connectivity index (χ0) is 16.1. The second kappa shape index (κ2) is 7.11. The third kappa shape index (κ3) is 3.87. The quantitative estimate of drug-likeness (QED) is 0.629. The fraction of sp³-hybridized carbons (Fsp3) is 0.412. The molecule has 0 spiro atoms. The summed E-state index contributed by atoms with van der Waals surface area (Å²) in [7, 11) is 3.82. The molecule has 0 aromatic heterocycles. The summed E-state index contributed by atoms with van der Waals surface area (Å²) >= 11 is 0. The lowest BCUT2D eigenvalue weighted by Crippen LogP contribution is -2.36. The van der Waals surface area contributed by atoms with Crippen molar-refractivity contribution in [2.24, 2.45) is 0 Å². The Morgan fingerprint density at radius 2 is 2.00 bits per heavy atom. The van der Waals surface area contributed by atoms with Crippen LogP contribution < -0.4 is 4.90 Å². The molecule has 0 N–H and O–H groups in total. The Labute approximate surface area is 131 Å². The molecule has 0 aliphatic carbocycles. The van der Waals surface area contributed by atoms with Crippen LogP contribution in [0.3, 0.4) is 0 Å². The summed E-state index contributed by atoms with van der Waals surface area (Å²) in [6.45, 7) is 3.45. The van der Waals surface area contributed by atoms with Crippen molar-refractivity contribution in [3.8, 4) is 0 Å². The van der Waals surface area contributed by atoms with E-state index in [1.54, 1.807) is 19.1 Å². The summed E-state index contributed by atoms with van der Waals surface area (Å²) < 4.78 is 4.98. The lowest BCUT2D eigenvalue weighted by Gasteiger charge is -2.30. The van der Waals surface area contributed by atoms with Crippen molar-refractivity contribution in [1.82, 2.24) is 4.90 Å². The second-order valence-electron chi connectivity index (χ2n) is 5.48. The Bertz CT molecular complexity index is 576. The van der Waals surface area contributed by atoms with Gasteiger partial charge in [-0.3, -0.25) is 4.79 Å². The number of rotatable bonds is 4. The van der Waals surface area contributed by atoms with Crippen molar-refractivity contribution >= 4 is 17.4 Å². The Kier molecular flexibility index (Phi) is 5.20. The number of Topliss-reactive ketones (excluding diaryl/α,β-unsaturated/α-hetero) is 1. The third-order valence-electron chi connectivity index (χ3n) is 3.49. The maximum atomic E-state index is 11.9. The molecule has 1 aromatic rings. The van der Waals surface area contributed by atoms with E-state index in [1.165, 1.54) is 0 Å². The first-order valence-electron chi connectivity index (χ1n) is 7.43. The average molecular weight is 302 g/mol. The van der Waals surface area contributed by atoms with Gasteiger partial charge in [0.1, 0.15) is 0 Å². The average Bonchev–Trinajstić information content (AvgIpc) is 2.49. The Hall–Kier alpha value is -2.30. The van der Waals surface area contributed by atoms with E-state index < -0.39 is 0 Å². The zero-order valence-corrected chi connectivity index (χ0v) is 13.3. The molecule has 2 rings (SSSR count). The van der Waals surface area contributed by atoms with Crippen LogP contribution in [-0.2, 0) is 9.53 Å². The normalized spacial score (nSPS) is 16.8. The molecule has 0 amide bonds. The summed E-state index contributed by atoms with van der Waals surface area (Å²) in [5, 5.41) is 0. The van der Waals surface area contributed by atoms with Crippen LogP contribution in [0.1, 0.15) is 23.7 Å². The summed E-state index contributed by atoms with van der Waals surface area (Å²) in [5.41, 5.74) is 2.36. The lowest BCUT2D eigenvalue weighted by molar-refractivity contribution is -0.116. The van der Waals surface area contributed by atoms with Crippen LogP contribution in [0.2, 0.25) is 0 Å². The highest BCUT2D eigenvalue weighted by atomic mass is 16.5. The lowest BCUT2D eigenvalue weighted by atomic mass is 10.0. The molecule has 1 aromatic carbocycles. The van der Waals surface area contributed by atoms with Crippen LogP contribution >= 0.6 is 0 Å². The summed E-state index contributed by atoms with van der Waals surface area (Å²) in [4.78, 5) is 27.6.